The Morgan fingerprint density at radius 3 is 2.34 bits per heavy atom. The third-order valence-electron chi connectivity index (χ3n) is 4.84. The second-order valence-electron chi connectivity index (χ2n) is 6.82. The number of benzene rings is 1. The van der Waals surface area contributed by atoms with Gasteiger partial charge in [-0.3, -0.25) is 4.90 Å². The van der Waals surface area contributed by atoms with Gasteiger partial charge in [-0.15, -0.1) is 15.3 Å². The maximum Gasteiger partial charge on any atom is 0.453 e. The molecule has 7 nitrogen and oxygen atoms in total. The van der Waals surface area contributed by atoms with Crippen LogP contribution in [0.5, 0.6) is 5.75 Å². The van der Waals surface area contributed by atoms with E-state index in [9.17, 15) is 13.2 Å². The Balaban J connectivity index is 1.40. The average molecular weight is 406 g/mol. The van der Waals surface area contributed by atoms with Crippen LogP contribution in [0.25, 0.3) is 5.65 Å². The first kappa shape index (κ1) is 19.4. The summed E-state index contributed by atoms with van der Waals surface area (Å²) in [5.74, 6) is 0.238. The predicted molar refractivity (Wildman–Crippen MR) is 101 cm³/mol. The Bertz CT molecular complexity index is 964. The van der Waals surface area contributed by atoms with Gasteiger partial charge >= 0.3 is 6.18 Å². The molecule has 0 amide bonds. The van der Waals surface area contributed by atoms with Crippen LogP contribution in [0.15, 0.2) is 36.4 Å². The fourth-order valence-electron chi connectivity index (χ4n) is 3.38. The summed E-state index contributed by atoms with van der Waals surface area (Å²) in [6.45, 7) is 6.35. The number of halogens is 3. The van der Waals surface area contributed by atoms with Crippen LogP contribution in [-0.4, -0.2) is 57.5 Å². The first-order chi connectivity index (χ1) is 13.9. The third-order valence-corrected chi connectivity index (χ3v) is 4.84. The van der Waals surface area contributed by atoms with E-state index in [0.29, 0.717) is 25.5 Å². The van der Waals surface area contributed by atoms with Gasteiger partial charge in [-0.2, -0.15) is 17.7 Å². The average Bonchev–Trinajstić information content (AvgIpc) is 3.14. The Kier molecular flexibility index (Phi) is 5.27. The van der Waals surface area contributed by atoms with Gasteiger partial charge in [-0.1, -0.05) is 12.1 Å². The Morgan fingerprint density at radius 1 is 0.966 bits per heavy atom. The van der Waals surface area contributed by atoms with E-state index in [2.05, 4.69) is 32.3 Å². The van der Waals surface area contributed by atoms with Gasteiger partial charge in [0.15, 0.2) is 5.65 Å². The number of rotatable bonds is 5. The van der Waals surface area contributed by atoms with E-state index in [-0.39, 0.29) is 5.65 Å². The normalized spacial score (nSPS) is 15.8. The van der Waals surface area contributed by atoms with Crippen molar-refractivity contribution in [3.8, 4) is 5.75 Å². The van der Waals surface area contributed by atoms with Gasteiger partial charge in [0.1, 0.15) is 11.6 Å². The van der Waals surface area contributed by atoms with Crippen LogP contribution in [0, 0.1) is 0 Å². The third kappa shape index (κ3) is 4.26. The zero-order chi connectivity index (χ0) is 20.4. The van der Waals surface area contributed by atoms with Gasteiger partial charge < -0.3 is 9.64 Å². The summed E-state index contributed by atoms with van der Waals surface area (Å²) < 4.78 is 45.4. The van der Waals surface area contributed by atoms with Crippen molar-refractivity contribution in [2.75, 3.05) is 37.7 Å². The molecule has 0 spiro atoms. The molecule has 0 bridgehead atoms. The minimum absolute atomic E-state index is 0.0789. The molecule has 0 aliphatic carbocycles. The van der Waals surface area contributed by atoms with Gasteiger partial charge in [0, 0.05) is 32.7 Å². The Hall–Kier alpha value is -2.88. The molecule has 0 unspecified atom stereocenters. The van der Waals surface area contributed by atoms with Crippen molar-refractivity contribution in [3.63, 3.8) is 0 Å². The fourth-order valence-corrected chi connectivity index (χ4v) is 3.38. The second kappa shape index (κ2) is 7.86. The van der Waals surface area contributed by atoms with Crippen LogP contribution in [0.2, 0.25) is 0 Å². The minimum atomic E-state index is -4.60. The Morgan fingerprint density at radius 2 is 1.69 bits per heavy atom. The molecular weight excluding hydrogens is 385 g/mol. The van der Waals surface area contributed by atoms with Crippen LogP contribution in [0.1, 0.15) is 18.3 Å². The van der Waals surface area contributed by atoms with Crippen molar-refractivity contribution in [3.05, 3.63) is 47.8 Å². The number of fused-ring (bicyclic) bond motifs is 1. The van der Waals surface area contributed by atoms with Crippen LogP contribution < -0.4 is 9.64 Å². The molecule has 1 aliphatic heterocycles. The van der Waals surface area contributed by atoms with Gasteiger partial charge in [-0.05, 0) is 36.8 Å². The summed E-state index contributed by atoms with van der Waals surface area (Å²) in [5.41, 5.74) is 1.27. The molecule has 0 radical (unpaired) electrons. The molecule has 0 N–H and O–H groups in total. The molecule has 3 aromatic rings. The molecule has 2 aromatic heterocycles. The van der Waals surface area contributed by atoms with Crippen LogP contribution in [0.4, 0.5) is 19.0 Å². The highest BCUT2D eigenvalue weighted by atomic mass is 19.4. The zero-order valence-electron chi connectivity index (χ0n) is 15.9. The Labute approximate surface area is 165 Å². The zero-order valence-corrected chi connectivity index (χ0v) is 15.9. The molecule has 1 aromatic carbocycles. The highest BCUT2D eigenvalue weighted by Crippen LogP contribution is 2.28. The molecule has 10 heteroatoms. The highest BCUT2D eigenvalue weighted by Gasteiger charge is 2.37. The SMILES string of the molecule is CCOc1ccc(CN2CCN(c3ccc4nnc(C(F)(F)F)n4n3)CC2)cc1. The lowest BCUT2D eigenvalue weighted by molar-refractivity contribution is -0.146. The molecule has 1 aliphatic rings. The number of hydrogen-bond donors (Lipinski definition) is 0. The monoisotopic (exact) mass is 406 g/mol. The molecule has 29 heavy (non-hydrogen) atoms. The molecule has 4 rings (SSSR count). The largest absolute Gasteiger partial charge is 0.494 e. The number of ether oxygens (including phenoxy) is 1. The lowest BCUT2D eigenvalue weighted by Crippen LogP contribution is -2.46. The molecular formula is C19H21F3N6O. The topological polar surface area (TPSA) is 58.8 Å². The van der Waals surface area contributed by atoms with Crippen LogP contribution in [-0.2, 0) is 12.7 Å². The summed E-state index contributed by atoms with van der Waals surface area (Å²) in [7, 11) is 0. The van der Waals surface area contributed by atoms with E-state index in [0.717, 1.165) is 29.9 Å². The first-order valence-corrected chi connectivity index (χ1v) is 9.43. The molecule has 0 saturated carbocycles. The quantitative estimate of drug-likeness (QED) is 0.650. The van der Waals surface area contributed by atoms with Gasteiger partial charge in [0.2, 0.25) is 0 Å². The lowest BCUT2D eigenvalue weighted by Gasteiger charge is -2.35. The van der Waals surface area contributed by atoms with Crippen molar-refractivity contribution in [1.29, 1.82) is 0 Å². The number of nitrogens with zero attached hydrogens (tertiary/aromatic N) is 6. The standard InChI is InChI=1S/C19H21F3N6O/c1-2-29-15-5-3-14(4-6-15)13-26-9-11-27(12-10-26)17-8-7-16-23-24-18(19(20,21)22)28(16)25-17/h3-8H,2,9-13H2,1H3. The smallest absolute Gasteiger partial charge is 0.453 e. The van der Waals surface area contributed by atoms with Gasteiger partial charge in [-0.25, -0.2) is 0 Å². The number of aromatic nitrogens is 4. The summed E-state index contributed by atoms with van der Waals surface area (Å²) in [6, 6.07) is 11.2. The molecule has 154 valence electrons. The van der Waals surface area contributed by atoms with Crippen LogP contribution in [0.3, 0.4) is 0 Å². The van der Waals surface area contributed by atoms with Crippen molar-refractivity contribution in [2.24, 2.45) is 0 Å². The fraction of sp³-hybridized carbons (Fsp3) is 0.421. The van der Waals surface area contributed by atoms with Crippen LogP contribution >= 0.6 is 0 Å². The van der Waals surface area contributed by atoms with Gasteiger partial charge in [0.05, 0.1) is 6.61 Å². The summed E-state index contributed by atoms with van der Waals surface area (Å²) in [5, 5.41) is 10.9. The van der Waals surface area contributed by atoms with E-state index in [1.807, 2.05) is 24.0 Å². The highest BCUT2D eigenvalue weighted by molar-refractivity contribution is 5.46. The second-order valence-corrected chi connectivity index (χ2v) is 6.82. The summed E-state index contributed by atoms with van der Waals surface area (Å²) >= 11 is 0. The van der Waals surface area contributed by atoms with Crippen molar-refractivity contribution >= 4 is 11.5 Å². The number of hydrogen-bond acceptors (Lipinski definition) is 6. The lowest BCUT2D eigenvalue weighted by atomic mass is 10.2. The first-order valence-electron chi connectivity index (χ1n) is 9.43. The molecule has 3 heterocycles. The molecule has 1 saturated heterocycles. The minimum Gasteiger partial charge on any atom is -0.494 e. The number of anilines is 1. The number of alkyl halides is 3. The van der Waals surface area contributed by atoms with Crippen molar-refractivity contribution in [2.45, 2.75) is 19.6 Å². The summed E-state index contributed by atoms with van der Waals surface area (Å²) in [6.07, 6.45) is -4.60. The summed E-state index contributed by atoms with van der Waals surface area (Å²) in [4.78, 5) is 4.29. The predicted octanol–water partition coefficient (Wildman–Crippen LogP) is 2.86. The van der Waals surface area contributed by atoms with Crippen molar-refractivity contribution in [1.82, 2.24) is 24.7 Å². The van der Waals surface area contributed by atoms with Crippen molar-refractivity contribution < 1.29 is 17.9 Å². The van der Waals surface area contributed by atoms with E-state index < -0.39 is 12.0 Å². The van der Waals surface area contributed by atoms with E-state index in [1.54, 1.807) is 6.07 Å². The molecule has 0 atom stereocenters. The maximum absolute atomic E-state index is 13.1. The number of piperazine rings is 1. The maximum atomic E-state index is 13.1. The van der Waals surface area contributed by atoms with E-state index in [4.69, 9.17) is 4.74 Å². The van der Waals surface area contributed by atoms with E-state index >= 15 is 0 Å². The van der Waals surface area contributed by atoms with E-state index in [1.165, 1.54) is 11.6 Å². The van der Waals surface area contributed by atoms with Gasteiger partial charge in [0.25, 0.3) is 5.82 Å². The molecule has 1 fully saturated rings.